The molecule has 1 atom stereocenters. The molecule has 0 saturated heterocycles. The topological polar surface area (TPSA) is 109 Å². The number of carboxylic acids is 1. The molecule has 4 rings (SSSR count). The summed E-state index contributed by atoms with van der Waals surface area (Å²) in [6.45, 7) is 6.33. The highest BCUT2D eigenvalue weighted by Gasteiger charge is 2.23. The van der Waals surface area contributed by atoms with Gasteiger partial charge in [-0.2, -0.15) is 5.10 Å². The second kappa shape index (κ2) is 11.9. The van der Waals surface area contributed by atoms with Crippen LogP contribution in [0.4, 0.5) is 5.82 Å². The zero-order chi connectivity index (χ0) is 27.2. The molecule has 0 aliphatic rings. The fourth-order valence-electron chi connectivity index (χ4n) is 4.29. The highest BCUT2D eigenvalue weighted by molar-refractivity contribution is 6.30. The van der Waals surface area contributed by atoms with Gasteiger partial charge in [0.1, 0.15) is 11.9 Å². The lowest BCUT2D eigenvalue weighted by Crippen LogP contribution is -2.42. The van der Waals surface area contributed by atoms with Crippen LogP contribution in [0.25, 0.3) is 5.69 Å². The van der Waals surface area contributed by atoms with E-state index < -0.39 is 17.9 Å². The summed E-state index contributed by atoms with van der Waals surface area (Å²) in [6, 6.07) is 13.7. The van der Waals surface area contributed by atoms with Crippen LogP contribution >= 0.6 is 11.6 Å². The number of amides is 1. The van der Waals surface area contributed by atoms with Crippen LogP contribution in [0.2, 0.25) is 5.02 Å². The van der Waals surface area contributed by atoms with Crippen molar-refractivity contribution in [3.63, 3.8) is 0 Å². The number of pyridine rings is 1. The molecule has 0 aliphatic heterocycles. The lowest BCUT2D eigenvalue weighted by molar-refractivity contribution is -0.139. The Balaban J connectivity index is 1.41. The van der Waals surface area contributed by atoms with E-state index >= 15 is 0 Å². The summed E-state index contributed by atoms with van der Waals surface area (Å²) in [6.07, 6.45) is 6.24. The maximum atomic E-state index is 13.0. The Kier molecular flexibility index (Phi) is 8.43. The summed E-state index contributed by atoms with van der Waals surface area (Å²) in [5.74, 6) is -0.711. The van der Waals surface area contributed by atoms with E-state index in [1.807, 2.05) is 56.4 Å². The normalized spacial score (nSPS) is 11.7. The Morgan fingerprint density at radius 1 is 1.08 bits per heavy atom. The van der Waals surface area contributed by atoms with Crippen LogP contribution in [0.15, 0.2) is 67.1 Å². The van der Waals surface area contributed by atoms with Crippen LogP contribution in [0.5, 0.6) is 0 Å². The van der Waals surface area contributed by atoms with Gasteiger partial charge in [0.15, 0.2) is 0 Å². The molecule has 196 valence electrons. The molecule has 9 heteroatoms. The minimum absolute atomic E-state index is 0.146. The number of aryl methyl sites for hydroxylation is 3. The number of carboxylic acid groups (broad SMARTS) is 1. The molecule has 0 radical (unpaired) electrons. The number of carbonyl (C=O) groups is 2. The van der Waals surface area contributed by atoms with Gasteiger partial charge in [0.05, 0.1) is 11.9 Å². The van der Waals surface area contributed by atoms with Crippen LogP contribution < -0.4 is 10.6 Å². The third-order valence-corrected chi connectivity index (χ3v) is 6.48. The number of aliphatic carboxylic acids is 1. The number of carbonyl (C=O) groups excluding carboxylic acids is 1. The summed E-state index contributed by atoms with van der Waals surface area (Å²) < 4.78 is 1.76. The maximum absolute atomic E-state index is 13.0. The van der Waals surface area contributed by atoms with Gasteiger partial charge in [-0.15, -0.1) is 0 Å². The highest BCUT2D eigenvalue weighted by atomic mass is 35.5. The van der Waals surface area contributed by atoms with Gasteiger partial charge in [-0.3, -0.25) is 4.79 Å². The molecule has 8 nitrogen and oxygen atoms in total. The zero-order valence-electron chi connectivity index (χ0n) is 21.5. The van der Waals surface area contributed by atoms with Gasteiger partial charge in [-0.25, -0.2) is 14.5 Å². The number of aromatic nitrogens is 3. The number of nitrogens with one attached hydrogen (secondary N) is 2. The lowest BCUT2D eigenvalue weighted by atomic mass is 9.98. The second-order valence-corrected chi connectivity index (χ2v) is 9.65. The molecule has 4 aromatic rings. The fourth-order valence-corrected chi connectivity index (χ4v) is 4.58. The Hall–Kier alpha value is -4.17. The van der Waals surface area contributed by atoms with E-state index in [-0.39, 0.29) is 6.42 Å². The van der Waals surface area contributed by atoms with Gasteiger partial charge >= 0.3 is 5.97 Å². The van der Waals surface area contributed by atoms with E-state index in [2.05, 4.69) is 20.7 Å². The third kappa shape index (κ3) is 6.58. The standard InChI is InChI=1S/C29H30ClN5O3/c1-4-22-14-23(30)12-19(3)27(22)28(36)34-25(29(37)38)13-20-5-7-24(8-6-20)35-17-21(16-33-35)15-32-26-11-18(2)9-10-31-26/h5-12,14,16-17,25H,4,13,15H2,1-3H3,(H,31,32)(H,34,36)(H,37,38). The lowest BCUT2D eigenvalue weighted by Gasteiger charge is -2.18. The van der Waals surface area contributed by atoms with Crippen molar-refractivity contribution >= 4 is 29.3 Å². The molecule has 0 aliphatic carbocycles. The predicted molar refractivity (Wildman–Crippen MR) is 148 cm³/mol. The number of nitrogens with zero attached hydrogens (tertiary/aromatic N) is 3. The fraction of sp³-hybridized carbons (Fsp3) is 0.241. The van der Waals surface area contributed by atoms with E-state index in [9.17, 15) is 14.7 Å². The van der Waals surface area contributed by atoms with Crippen molar-refractivity contribution in [3.8, 4) is 5.69 Å². The van der Waals surface area contributed by atoms with Gasteiger partial charge < -0.3 is 15.7 Å². The van der Waals surface area contributed by atoms with Crippen LogP contribution in [0.3, 0.4) is 0 Å². The van der Waals surface area contributed by atoms with Crippen LogP contribution in [0, 0.1) is 13.8 Å². The smallest absolute Gasteiger partial charge is 0.326 e. The predicted octanol–water partition coefficient (Wildman–Crippen LogP) is 5.14. The minimum atomic E-state index is -1.10. The summed E-state index contributed by atoms with van der Waals surface area (Å²) in [5.41, 5.74) is 5.72. The van der Waals surface area contributed by atoms with Crippen molar-refractivity contribution in [2.24, 2.45) is 0 Å². The molecule has 3 N–H and O–H groups in total. The number of rotatable bonds is 10. The van der Waals surface area contributed by atoms with Crippen molar-refractivity contribution < 1.29 is 14.7 Å². The zero-order valence-corrected chi connectivity index (χ0v) is 22.3. The maximum Gasteiger partial charge on any atom is 0.326 e. The highest BCUT2D eigenvalue weighted by Crippen LogP contribution is 2.22. The van der Waals surface area contributed by atoms with Gasteiger partial charge in [-0.1, -0.05) is 30.7 Å². The molecule has 1 amide bonds. The van der Waals surface area contributed by atoms with Crippen molar-refractivity contribution in [1.29, 1.82) is 0 Å². The van der Waals surface area contributed by atoms with Gasteiger partial charge in [-0.05, 0) is 78.9 Å². The monoisotopic (exact) mass is 531 g/mol. The Morgan fingerprint density at radius 3 is 2.53 bits per heavy atom. The first-order valence-electron chi connectivity index (χ1n) is 12.4. The number of benzene rings is 2. The van der Waals surface area contributed by atoms with E-state index in [1.165, 1.54) is 0 Å². The first kappa shape index (κ1) is 26.9. The van der Waals surface area contributed by atoms with Gasteiger partial charge in [0, 0.05) is 41.5 Å². The van der Waals surface area contributed by atoms with Crippen LogP contribution in [0.1, 0.15) is 45.1 Å². The number of halogens is 1. The number of anilines is 1. The summed E-state index contributed by atoms with van der Waals surface area (Å²) >= 11 is 6.14. The van der Waals surface area contributed by atoms with Crippen molar-refractivity contribution in [3.05, 3.63) is 106 Å². The molecule has 2 aromatic heterocycles. The number of hydrogen-bond acceptors (Lipinski definition) is 5. The number of hydrogen-bond donors (Lipinski definition) is 3. The average Bonchev–Trinajstić information content (AvgIpc) is 3.36. The van der Waals surface area contributed by atoms with Crippen LogP contribution in [-0.4, -0.2) is 37.8 Å². The molecule has 1 unspecified atom stereocenters. The quantitative estimate of drug-likeness (QED) is 0.261. The average molecular weight is 532 g/mol. The Bertz CT molecular complexity index is 1450. The first-order valence-corrected chi connectivity index (χ1v) is 12.7. The van der Waals surface area contributed by atoms with E-state index in [1.54, 1.807) is 36.1 Å². The molecule has 2 heterocycles. The van der Waals surface area contributed by atoms with Crippen molar-refractivity contribution in [2.75, 3.05) is 5.32 Å². The first-order chi connectivity index (χ1) is 18.2. The van der Waals surface area contributed by atoms with Crippen molar-refractivity contribution in [1.82, 2.24) is 20.1 Å². The van der Waals surface area contributed by atoms with Crippen LogP contribution in [-0.2, 0) is 24.2 Å². The molecular formula is C29H30ClN5O3. The summed E-state index contributed by atoms with van der Waals surface area (Å²) in [7, 11) is 0. The van der Waals surface area contributed by atoms with E-state index in [0.717, 1.165) is 33.8 Å². The molecule has 38 heavy (non-hydrogen) atoms. The summed E-state index contributed by atoms with van der Waals surface area (Å²) in [4.78, 5) is 29.3. The molecule has 2 aromatic carbocycles. The molecule has 0 spiro atoms. The molecule has 0 saturated carbocycles. The Labute approximate surface area is 226 Å². The molecule has 0 bridgehead atoms. The van der Waals surface area contributed by atoms with Gasteiger partial charge in [0.2, 0.25) is 0 Å². The van der Waals surface area contributed by atoms with Gasteiger partial charge in [0.25, 0.3) is 5.91 Å². The van der Waals surface area contributed by atoms with E-state index in [4.69, 9.17) is 11.6 Å². The van der Waals surface area contributed by atoms with E-state index in [0.29, 0.717) is 29.1 Å². The minimum Gasteiger partial charge on any atom is -0.480 e. The van der Waals surface area contributed by atoms with Crippen molar-refractivity contribution in [2.45, 2.75) is 46.2 Å². The molecule has 0 fully saturated rings. The SMILES string of the molecule is CCc1cc(Cl)cc(C)c1C(=O)NC(Cc1ccc(-n2cc(CNc3cc(C)ccn3)cn2)cc1)C(=O)O. The molecular weight excluding hydrogens is 502 g/mol. The second-order valence-electron chi connectivity index (χ2n) is 9.21. The Morgan fingerprint density at radius 2 is 1.84 bits per heavy atom. The largest absolute Gasteiger partial charge is 0.480 e. The third-order valence-electron chi connectivity index (χ3n) is 6.26. The summed E-state index contributed by atoms with van der Waals surface area (Å²) in [5, 5.41) is 20.8.